The van der Waals surface area contributed by atoms with E-state index in [0.717, 1.165) is 25.9 Å². The van der Waals surface area contributed by atoms with Crippen LogP contribution in [0, 0.1) is 0 Å². The summed E-state index contributed by atoms with van der Waals surface area (Å²) < 4.78 is 4.93. The second-order valence-electron chi connectivity index (χ2n) is 5.80. The van der Waals surface area contributed by atoms with Crippen molar-refractivity contribution in [3.63, 3.8) is 0 Å². The number of nitrogens with zero attached hydrogens (tertiary/aromatic N) is 2. The predicted molar refractivity (Wildman–Crippen MR) is 84.1 cm³/mol. The lowest BCUT2D eigenvalue weighted by atomic mass is 10.2. The molecule has 1 unspecified atom stereocenters. The minimum atomic E-state index is -0.409. The maximum Gasteiger partial charge on any atom is 0.338 e. The quantitative estimate of drug-likeness (QED) is 0.623. The Morgan fingerprint density at radius 1 is 1.17 bits per heavy atom. The number of hydrogen-bond donors (Lipinski definition) is 0. The van der Waals surface area contributed by atoms with Crippen molar-refractivity contribution in [2.24, 2.45) is 0 Å². The SMILES string of the molecule is CCOC(=O)c1ccc(N2C(=O)CC(N3CCCC3)C2=O)cc1. The van der Waals surface area contributed by atoms with E-state index in [-0.39, 0.29) is 24.3 Å². The molecular formula is C17H20N2O4. The van der Waals surface area contributed by atoms with Crippen LogP contribution in [0.25, 0.3) is 0 Å². The zero-order chi connectivity index (χ0) is 16.4. The number of likely N-dealkylation sites (tertiary alicyclic amines) is 1. The maximum atomic E-state index is 12.6. The first kappa shape index (κ1) is 15.7. The fourth-order valence-electron chi connectivity index (χ4n) is 3.19. The lowest BCUT2D eigenvalue weighted by molar-refractivity contribution is -0.122. The average Bonchev–Trinajstić information content (AvgIpc) is 3.16. The number of carbonyl (C=O) groups excluding carboxylic acids is 3. The Bertz CT molecular complexity index is 620. The maximum absolute atomic E-state index is 12.6. The summed E-state index contributed by atoms with van der Waals surface area (Å²) in [5.74, 6) is -0.760. The Labute approximate surface area is 135 Å². The summed E-state index contributed by atoms with van der Waals surface area (Å²) in [5, 5.41) is 0. The van der Waals surface area contributed by atoms with E-state index in [1.54, 1.807) is 31.2 Å². The standard InChI is InChI=1S/C17H20N2O4/c1-2-23-17(22)12-5-7-13(8-6-12)19-15(20)11-14(16(19)21)18-9-3-4-10-18/h5-8,14H,2-4,9-11H2,1H3. The first-order chi connectivity index (χ1) is 11.1. The molecule has 0 radical (unpaired) electrons. The number of rotatable bonds is 4. The third-order valence-electron chi connectivity index (χ3n) is 4.34. The highest BCUT2D eigenvalue weighted by Gasteiger charge is 2.43. The molecule has 0 aliphatic carbocycles. The van der Waals surface area contributed by atoms with Gasteiger partial charge in [0.2, 0.25) is 5.91 Å². The van der Waals surface area contributed by atoms with Gasteiger partial charge in [-0.05, 0) is 57.1 Å². The van der Waals surface area contributed by atoms with Crippen molar-refractivity contribution in [3.8, 4) is 0 Å². The highest BCUT2D eigenvalue weighted by molar-refractivity contribution is 6.22. The molecule has 2 aliphatic heterocycles. The average molecular weight is 316 g/mol. The molecule has 2 aliphatic rings. The number of imide groups is 1. The van der Waals surface area contributed by atoms with Gasteiger partial charge in [0, 0.05) is 0 Å². The molecule has 2 saturated heterocycles. The third kappa shape index (κ3) is 2.99. The Hall–Kier alpha value is -2.21. The smallest absolute Gasteiger partial charge is 0.338 e. The molecule has 1 aromatic carbocycles. The van der Waals surface area contributed by atoms with Crippen molar-refractivity contribution in [1.29, 1.82) is 0 Å². The first-order valence-corrected chi connectivity index (χ1v) is 8.00. The first-order valence-electron chi connectivity index (χ1n) is 8.00. The van der Waals surface area contributed by atoms with Crippen molar-refractivity contribution in [3.05, 3.63) is 29.8 Å². The van der Waals surface area contributed by atoms with Gasteiger partial charge in [-0.3, -0.25) is 14.5 Å². The van der Waals surface area contributed by atoms with Crippen LogP contribution in [0.3, 0.4) is 0 Å². The van der Waals surface area contributed by atoms with E-state index in [1.165, 1.54) is 4.90 Å². The van der Waals surface area contributed by atoms with Crippen LogP contribution in [0.4, 0.5) is 5.69 Å². The van der Waals surface area contributed by atoms with Crippen molar-refractivity contribution < 1.29 is 19.1 Å². The summed E-state index contributed by atoms with van der Waals surface area (Å²) in [4.78, 5) is 39.8. The lowest BCUT2D eigenvalue weighted by Gasteiger charge is -2.21. The summed E-state index contributed by atoms with van der Waals surface area (Å²) in [6.07, 6.45) is 2.39. The molecule has 6 nitrogen and oxygen atoms in total. The van der Waals surface area contributed by atoms with Crippen LogP contribution in [-0.4, -0.2) is 48.4 Å². The fraction of sp³-hybridized carbons (Fsp3) is 0.471. The van der Waals surface area contributed by atoms with Gasteiger partial charge in [-0.1, -0.05) is 0 Å². The molecule has 1 aromatic rings. The van der Waals surface area contributed by atoms with E-state index in [4.69, 9.17) is 4.74 Å². The molecule has 2 amide bonds. The summed E-state index contributed by atoms with van der Waals surface area (Å²) >= 11 is 0. The van der Waals surface area contributed by atoms with Gasteiger partial charge in [-0.2, -0.15) is 0 Å². The molecule has 6 heteroatoms. The van der Waals surface area contributed by atoms with Crippen LogP contribution in [-0.2, 0) is 14.3 Å². The van der Waals surface area contributed by atoms with E-state index in [1.807, 2.05) is 0 Å². The number of anilines is 1. The highest BCUT2D eigenvalue weighted by atomic mass is 16.5. The number of esters is 1. The molecule has 0 aromatic heterocycles. The summed E-state index contributed by atoms with van der Waals surface area (Å²) in [7, 11) is 0. The number of ether oxygens (including phenoxy) is 1. The highest BCUT2D eigenvalue weighted by Crippen LogP contribution is 2.27. The molecule has 0 saturated carbocycles. The molecular weight excluding hydrogens is 296 g/mol. The molecule has 2 fully saturated rings. The Morgan fingerprint density at radius 3 is 2.43 bits per heavy atom. The van der Waals surface area contributed by atoms with Crippen LogP contribution < -0.4 is 4.90 Å². The Kier molecular flexibility index (Phi) is 4.43. The third-order valence-corrected chi connectivity index (χ3v) is 4.34. The van der Waals surface area contributed by atoms with E-state index in [2.05, 4.69) is 4.90 Å². The van der Waals surface area contributed by atoms with Crippen LogP contribution in [0.5, 0.6) is 0 Å². The van der Waals surface area contributed by atoms with Crippen molar-refractivity contribution in [2.75, 3.05) is 24.6 Å². The Morgan fingerprint density at radius 2 is 1.83 bits per heavy atom. The zero-order valence-corrected chi connectivity index (χ0v) is 13.2. The van der Waals surface area contributed by atoms with Gasteiger partial charge in [-0.15, -0.1) is 0 Å². The van der Waals surface area contributed by atoms with E-state index in [9.17, 15) is 14.4 Å². The zero-order valence-electron chi connectivity index (χ0n) is 13.2. The number of benzene rings is 1. The summed E-state index contributed by atoms with van der Waals surface area (Å²) in [5.41, 5.74) is 0.917. The van der Waals surface area contributed by atoms with Gasteiger partial charge < -0.3 is 4.74 Å². The molecule has 2 heterocycles. The normalized spacial score (nSPS) is 22.0. The second-order valence-corrected chi connectivity index (χ2v) is 5.80. The van der Waals surface area contributed by atoms with Crippen molar-refractivity contribution in [2.45, 2.75) is 32.2 Å². The molecule has 0 bridgehead atoms. The molecule has 1 atom stereocenters. The number of amides is 2. The van der Waals surface area contributed by atoms with Crippen LogP contribution in [0.15, 0.2) is 24.3 Å². The van der Waals surface area contributed by atoms with Crippen LogP contribution in [0.1, 0.15) is 36.5 Å². The minimum Gasteiger partial charge on any atom is -0.462 e. The van der Waals surface area contributed by atoms with Gasteiger partial charge in [-0.25, -0.2) is 9.69 Å². The predicted octanol–water partition coefficient (Wildman–Crippen LogP) is 1.59. The van der Waals surface area contributed by atoms with Gasteiger partial charge in [0.1, 0.15) is 0 Å². The number of carbonyl (C=O) groups is 3. The fourth-order valence-corrected chi connectivity index (χ4v) is 3.19. The molecule has 23 heavy (non-hydrogen) atoms. The van der Waals surface area contributed by atoms with Crippen LogP contribution in [0.2, 0.25) is 0 Å². The summed E-state index contributed by atoms with van der Waals surface area (Å²) in [6, 6.07) is 6.06. The molecule has 0 spiro atoms. The largest absolute Gasteiger partial charge is 0.462 e. The van der Waals surface area contributed by atoms with Gasteiger partial charge >= 0.3 is 5.97 Å². The molecule has 122 valence electrons. The van der Waals surface area contributed by atoms with Crippen molar-refractivity contribution >= 4 is 23.5 Å². The topological polar surface area (TPSA) is 66.9 Å². The van der Waals surface area contributed by atoms with E-state index in [0.29, 0.717) is 17.9 Å². The molecule has 0 N–H and O–H groups in total. The second kappa shape index (κ2) is 6.50. The van der Waals surface area contributed by atoms with Crippen molar-refractivity contribution in [1.82, 2.24) is 4.90 Å². The van der Waals surface area contributed by atoms with Gasteiger partial charge in [0.25, 0.3) is 5.91 Å². The monoisotopic (exact) mass is 316 g/mol. The lowest BCUT2D eigenvalue weighted by Crippen LogP contribution is -2.40. The number of hydrogen-bond acceptors (Lipinski definition) is 5. The summed E-state index contributed by atoms with van der Waals surface area (Å²) in [6.45, 7) is 3.80. The molecule has 3 rings (SSSR count). The van der Waals surface area contributed by atoms with E-state index >= 15 is 0 Å². The van der Waals surface area contributed by atoms with Gasteiger partial charge in [0.05, 0.1) is 30.3 Å². The minimum absolute atomic E-state index is 0.166. The van der Waals surface area contributed by atoms with Gasteiger partial charge in [0.15, 0.2) is 0 Å². The van der Waals surface area contributed by atoms with E-state index < -0.39 is 5.97 Å². The Balaban J connectivity index is 1.77. The van der Waals surface area contributed by atoms with Crippen LogP contribution >= 0.6 is 0 Å².